The molecule has 2 aromatic carbocycles. The molecule has 6 amide bonds. The van der Waals surface area contributed by atoms with E-state index in [0.717, 1.165) is 9.37 Å². The maximum atomic E-state index is 13.2. The minimum Gasteiger partial charge on any atom is -0.319 e. The number of hydrogen-bond acceptors (Lipinski definition) is 4. The molecule has 0 bridgehead atoms. The standard InChI is InChI=1S/C20H18BrFN4O4/c1-2-20(12-3-7-14(22)8-4-12)17(28)26(19(30)25-20)11-16(27)24-18(29)23-15-9-5-13(21)6-10-15/h3-10H,2,11H2,1H3,(H,25,30)(H2,23,24,27,29). The molecule has 0 saturated carbocycles. The molecule has 0 aromatic heterocycles. The number of carbonyl (C=O) groups excluding carboxylic acids is 4. The summed E-state index contributed by atoms with van der Waals surface area (Å²) in [5.74, 6) is -1.96. The lowest BCUT2D eigenvalue weighted by Gasteiger charge is -2.25. The average molecular weight is 477 g/mol. The number of benzene rings is 2. The number of nitrogens with zero attached hydrogens (tertiary/aromatic N) is 1. The molecule has 3 N–H and O–H groups in total. The van der Waals surface area contributed by atoms with Gasteiger partial charge < -0.3 is 10.6 Å². The number of nitrogens with one attached hydrogen (secondary N) is 3. The highest BCUT2D eigenvalue weighted by Crippen LogP contribution is 2.32. The first-order chi connectivity index (χ1) is 14.2. The Morgan fingerprint density at radius 1 is 1.10 bits per heavy atom. The first-order valence-electron chi connectivity index (χ1n) is 9.01. The number of halogens is 2. The zero-order chi connectivity index (χ0) is 21.9. The van der Waals surface area contributed by atoms with E-state index >= 15 is 0 Å². The van der Waals surface area contributed by atoms with Crippen LogP contribution in [-0.2, 0) is 15.1 Å². The molecule has 1 heterocycles. The quantitative estimate of drug-likeness (QED) is 0.576. The predicted molar refractivity (Wildman–Crippen MR) is 110 cm³/mol. The molecular weight excluding hydrogens is 459 g/mol. The van der Waals surface area contributed by atoms with Gasteiger partial charge in [0.15, 0.2) is 0 Å². The second-order valence-corrected chi connectivity index (χ2v) is 7.51. The van der Waals surface area contributed by atoms with Crippen molar-refractivity contribution in [3.8, 4) is 0 Å². The third-order valence-corrected chi connectivity index (χ3v) is 5.23. The molecule has 1 unspecified atom stereocenters. The number of urea groups is 2. The molecule has 0 spiro atoms. The molecule has 1 aliphatic rings. The van der Waals surface area contributed by atoms with Crippen molar-refractivity contribution in [1.82, 2.24) is 15.5 Å². The van der Waals surface area contributed by atoms with Crippen LogP contribution in [0.15, 0.2) is 53.0 Å². The molecule has 1 aliphatic heterocycles. The van der Waals surface area contributed by atoms with E-state index in [2.05, 4.69) is 31.9 Å². The lowest BCUT2D eigenvalue weighted by Crippen LogP contribution is -2.46. The maximum Gasteiger partial charge on any atom is 0.325 e. The average Bonchev–Trinajstić information content (AvgIpc) is 2.95. The van der Waals surface area contributed by atoms with Crippen molar-refractivity contribution in [3.05, 3.63) is 64.4 Å². The Morgan fingerprint density at radius 2 is 1.73 bits per heavy atom. The summed E-state index contributed by atoms with van der Waals surface area (Å²) in [4.78, 5) is 50.3. The minimum absolute atomic E-state index is 0.200. The van der Waals surface area contributed by atoms with Crippen LogP contribution in [0.4, 0.5) is 19.7 Å². The Hall–Kier alpha value is -3.27. The number of rotatable bonds is 5. The third-order valence-electron chi connectivity index (χ3n) is 4.70. The van der Waals surface area contributed by atoms with Crippen LogP contribution in [0, 0.1) is 5.82 Å². The Kier molecular flexibility index (Phi) is 6.16. The van der Waals surface area contributed by atoms with E-state index < -0.39 is 41.8 Å². The Morgan fingerprint density at radius 3 is 2.33 bits per heavy atom. The summed E-state index contributed by atoms with van der Waals surface area (Å²) in [6.07, 6.45) is 0.200. The van der Waals surface area contributed by atoms with Gasteiger partial charge in [-0.25, -0.2) is 14.0 Å². The fourth-order valence-electron chi connectivity index (χ4n) is 3.15. The van der Waals surface area contributed by atoms with E-state index in [0.29, 0.717) is 11.3 Å². The lowest BCUT2D eigenvalue weighted by molar-refractivity contribution is -0.135. The highest BCUT2D eigenvalue weighted by Gasteiger charge is 2.51. The molecule has 0 aliphatic carbocycles. The van der Waals surface area contributed by atoms with Crippen molar-refractivity contribution in [3.63, 3.8) is 0 Å². The maximum absolute atomic E-state index is 13.2. The SMILES string of the molecule is CCC1(c2ccc(F)cc2)NC(=O)N(CC(=O)NC(=O)Nc2ccc(Br)cc2)C1=O. The van der Waals surface area contributed by atoms with Crippen LogP contribution in [0.2, 0.25) is 0 Å². The van der Waals surface area contributed by atoms with Gasteiger partial charge in [-0.3, -0.25) is 19.8 Å². The molecule has 0 radical (unpaired) electrons. The third kappa shape index (κ3) is 4.33. The first-order valence-corrected chi connectivity index (χ1v) is 9.81. The van der Waals surface area contributed by atoms with Crippen molar-refractivity contribution in [2.75, 3.05) is 11.9 Å². The van der Waals surface area contributed by atoms with Crippen molar-refractivity contribution >= 4 is 45.5 Å². The summed E-state index contributed by atoms with van der Waals surface area (Å²) in [6, 6.07) is 10.3. The van der Waals surface area contributed by atoms with E-state index in [9.17, 15) is 23.6 Å². The molecule has 156 valence electrons. The molecular formula is C20H18BrFN4O4. The van der Waals surface area contributed by atoms with Crippen molar-refractivity contribution in [2.45, 2.75) is 18.9 Å². The van der Waals surface area contributed by atoms with Crippen LogP contribution in [0.3, 0.4) is 0 Å². The van der Waals surface area contributed by atoms with Gasteiger partial charge >= 0.3 is 12.1 Å². The fraction of sp³-hybridized carbons (Fsp3) is 0.200. The second-order valence-electron chi connectivity index (χ2n) is 6.60. The Labute approximate surface area is 179 Å². The van der Waals surface area contributed by atoms with Gasteiger partial charge in [0.1, 0.15) is 17.9 Å². The topological polar surface area (TPSA) is 108 Å². The van der Waals surface area contributed by atoms with Crippen LogP contribution in [0.25, 0.3) is 0 Å². The van der Waals surface area contributed by atoms with Crippen LogP contribution < -0.4 is 16.0 Å². The number of hydrogen-bond donors (Lipinski definition) is 3. The largest absolute Gasteiger partial charge is 0.325 e. The predicted octanol–water partition coefficient (Wildman–Crippen LogP) is 3.09. The lowest BCUT2D eigenvalue weighted by atomic mass is 9.87. The number of amides is 6. The van der Waals surface area contributed by atoms with Gasteiger partial charge in [0, 0.05) is 10.2 Å². The van der Waals surface area contributed by atoms with Crippen LogP contribution >= 0.6 is 15.9 Å². The summed E-state index contributed by atoms with van der Waals surface area (Å²) in [6.45, 7) is 1.05. The molecule has 1 fully saturated rings. The van der Waals surface area contributed by atoms with Gasteiger partial charge in [-0.1, -0.05) is 35.0 Å². The van der Waals surface area contributed by atoms with E-state index in [1.165, 1.54) is 24.3 Å². The highest BCUT2D eigenvalue weighted by molar-refractivity contribution is 9.10. The minimum atomic E-state index is -1.40. The van der Waals surface area contributed by atoms with E-state index in [-0.39, 0.29) is 6.42 Å². The fourth-order valence-corrected chi connectivity index (χ4v) is 3.41. The van der Waals surface area contributed by atoms with Crippen molar-refractivity contribution in [2.24, 2.45) is 0 Å². The second kappa shape index (κ2) is 8.62. The van der Waals surface area contributed by atoms with Gasteiger partial charge in [0.2, 0.25) is 5.91 Å². The zero-order valence-corrected chi connectivity index (χ0v) is 17.5. The molecule has 8 nitrogen and oxygen atoms in total. The number of carbonyl (C=O) groups is 4. The smallest absolute Gasteiger partial charge is 0.319 e. The summed E-state index contributed by atoms with van der Waals surface area (Å²) >= 11 is 3.27. The molecule has 3 rings (SSSR count). The Bertz CT molecular complexity index is 997. The zero-order valence-electron chi connectivity index (χ0n) is 15.9. The summed E-state index contributed by atoms with van der Waals surface area (Å²) in [7, 11) is 0. The van der Waals surface area contributed by atoms with Gasteiger partial charge in [-0.15, -0.1) is 0 Å². The van der Waals surface area contributed by atoms with Crippen LogP contribution in [-0.4, -0.2) is 35.3 Å². The van der Waals surface area contributed by atoms with E-state index in [1.54, 1.807) is 31.2 Å². The van der Waals surface area contributed by atoms with E-state index in [4.69, 9.17) is 0 Å². The number of anilines is 1. The van der Waals surface area contributed by atoms with Gasteiger partial charge in [-0.05, 0) is 48.4 Å². The van der Waals surface area contributed by atoms with Crippen LogP contribution in [0.5, 0.6) is 0 Å². The normalized spacial score (nSPS) is 18.2. The molecule has 10 heteroatoms. The monoisotopic (exact) mass is 476 g/mol. The molecule has 30 heavy (non-hydrogen) atoms. The Balaban J connectivity index is 1.67. The number of imide groups is 2. The summed E-state index contributed by atoms with van der Waals surface area (Å²) in [5, 5.41) is 7.14. The summed E-state index contributed by atoms with van der Waals surface area (Å²) in [5.41, 5.74) is -0.537. The molecule has 2 aromatic rings. The molecule has 1 saturated heterocycles. The molecule has 1 atom stereocenters. The first kappa shape index (κ1) is 21.4. The summed E-state index contributed by atoms with van der Waals surface area (Å²) < 4.78 is 14.1. The van der Waals surface area contributed by atoms with Crippen LogP contribution in [0.1, 0.15) is 18.9 Å². The van der Waals surface area contributed by atoms with Gasteiger partial charge in [0.05, 0.1) is 0 Å². The van der Waals surface area contributed by atoms with Crippen molar-refractivity contribution in [1.29, 1.82) is 0 Å². The van der Waals surface area contributed by atoms with E-state index in [1.807, 2.05) is 0 Å². The highest BCUT2D eigenvalue weighted by atomic mass is 79.9. The van der Waals surface area contributed by atoms with Gasteiger partial charge in [-0.2, -0.15) is 0 Å². The van der Waals surface area contributed by atoms with Gasteiger partial charge in [0.25, 0.3) is 5.91 Å². The van der Waals surface area contributed by atoms with Crippen molar-refractivity contribution < 1.29 is 23.6 Å².